The smallest absolute Gasteiger partial charge is 0.283 e. The highest BCUT2D eigenvalue weighted by Gasteiger charge is 2.14. The Balaban J connectivity index is 1.86. The second-order valence-corrected chi connectivity index (χ2v) is 6.64. The van der Waals surface area contributed by atoms with Gasteiger partial charge in [0.15, 0.2) is 6.61 Å². The first-order valence-electron chi connectivity index (χ1n) is 6.51. The third kappa shape index (κ3) is 4.92. The van der Waals surface area contributed by atoms with Gasteiger partial charge in [0.2, 0.25) is 0 Å². The monoisotopic (exact) mass is 387 g/mol. The number of aryl methyl sites for hydroxylation is 1. The van der Waals surface area contributed by atoms with Gasteiger partial charge in [-0.3, -0.25) is 14.9 Å². The molecule has 0 bridgehead atoms. The maximum atomic E-state index is 11.6. The van der Waals surface area contributed by atoms with Crippen molar-refractivity contribution in [1.82, 2.24) is 5.43 Å². The second kappa shape index (κ2) is 8.09. The van der Waals surface area contributed by atoms with Crippen LogP contribution in [-0.2, 0) is 4.79 Å². The first-order chi connectivity index (χ1) is 11.4. The van der Waals surface area contributed by atoms with Gasteiger partial charge in [0.05, 0.1) is 25.9 Å². The Morgan fingerprint density at radius 2 is 2.21 bits per heavy atom. The Labute approximate surface area is 151 Å². The third-order valence-electron chi connectivity index (χ3n) is 2.74. The quantitative estimate of drug-likeness (QED) is 0.463. The van der Waals surface area contributed by atoms with E-state index in [4.69, 9.17) is 27.9 Å². The molecule has 24 heavy (non-hydrogen) atoms. The Hall–Kier alpha value is -2.16. The lowest BCUT2D eigenvalue weighted by molar-refractivity contribution is -0.385. The SMILES string of the molecule is Cc1sc(/C=N/NC(=O)COc2ccc(Cl)cc2Cl)cc1[N+](=O)[O-]. The van der Waals surface area contributed by atoms with Gasteiger partial charge in [-0.1, -0.05) is 23.2 Å². The zero-order valence-corrected chi connectivity index (χ0v) is 14.6. The number of nitrogens with zero attached hydrogens (tertiary/aromatic N) is 2. The molecule has 0 spiro atoms. The van der Waals surface area contributed by atoms with Crippen LogP contribution < -0.4 is 10.2 Å². The van der Waals surface area contributed by atoms with Gasteiger partial charge in [-0.05, 0) is 25.1 Å². The molecule has 0 fully saturated rings. The molecular weight excluding hydrogens is 377 g/mol. The summed E-state index contributed by atoms with van der Waals surface area (Å²) in [6.45, 7) is 1.35. The van der Waals surface area contributed by atoms with Crippen molar-refractivity contribution in [3.8, 4) is 5.75 Å². The number of ether oxygens (including phenoxy) is 1. The zero-order chi connectivity index (χ0) is 17.7. The fourth-order valence-corrected chi connectivity index (χ4v) is 3.01. The molecule has 0 aliphatic rings. The number of benzene rings is 1. The molecule has 1 N–H and O–H groups in total. The molecule has 0 aliphatic heterocycles. The van der Waals surface area contributed by atoms with Crippen LogP contribution in [0.25, 0.3) is 0 Å². The minimum Gasteiger partial charge on any atom is -0.482 e. The molecular formula is C14H11Cl2N3O4S. The molecule has 10 heteroatoms. The molecule has 2 rings (SSSR count). The van der Waals surface area contributed by atoms with E-state index in [-0.39, 0.29) is 12.3 Å². The lowest BCUT2D eigenvalue weighted by Gasteiger charge is -2.06. The van der Waals surface area contributed by atoms with Gasteiger partial charge in [-0.15, -0.1) is 11.3 Å². The predicted molar refractivity (Wildman–Crippen MR) is 93.4 cm³/mol. The summed E-state index contributed by atoms with van der Waals surface area (Å²) < 4.78 is 5.25. The average molecular weight is 388 g/mol. The molecule has 7 nitrogen and oxygen atoms in total. The normalized spacial score (nSPS) is 10.8. The van der Waals surface area contributed by atoms with Crippen LogP contribution in [-0.4, -0.2) is 23.7 Å². The first kappa shape index (κ1) is 18.2. The van der Waals surface area contributed by atoms with Crippen molar-refractivity contribution < 1.29 is 14.5 Å². The topological polar surface area (TPSA) is 93.8 Å². The molecule has 1 heterocycles. The first-order valence-corrected chi connectivity index (χ1v) is 8.08. The van der Waals surface area contributed by atoms with E-state index in [0.717, 1.165) is 0 Å². The number of rotatable bonds is 6. The van der Waals surface area contributed by atoms with Gasteiger partial charge < -0.3 is 4.74 Å². The standard InChI is InChI=1S/C14H11Cl2N3O4S/c1-8-12(19(21)22)5-10(24-8)6-17-18-14(20)7-23-13-3-2-9(15)4-11(13)16/h2-6H,7H2,1H3,(H,18,20)/b17-6+. The number of carbonyl (C=O) groups excluding carboxylic acids is 1. The van der Waals surface area contributed by atoms with E-state index in [1.54, 1.807) is 19.1 Å². The highest BCUT2D eigenvalue weighted by molar-refractivity contribution is 7.14. The summed E-state index contributed by atoms with van der Waals surface area (Å²) in [5.74, 6) is -0.176. The minimum absolute atomic E-state index is 0.0218. The molecule has 1 amide bonds. The summed E-state index contributed by atoms with van der Waals surface area (Å²) in [6.07, 6.45) is 1.33. The maximum Gasteiger partial charge on any atom is 0.283 e. The largest absolute Gasteiger partial charge is 0.482 e. The highest BCUT2D eigenvalue weighted by atomic mass is 35.5. The van der Waals surface area contributed by atoms with E-state index in [2.05, 4.69) is 10.5 Å². The number of halogens is 2. The number of hydrazone groups is 1. The van der Waals surface area contributed by atoms with Crippen molar-refractivity contribution in [1.29, 1.82) is 0 Å². The van der Waals surface area contributed by atoms with Crippen LogP contribution in [0.15, 0.2) is 29.4 Å². The molecule has 126 valence electrons. The van der Waals surface area contributed by atoms with Crippen LogP contribution in [0.4, 0.5) is 5.69 Å². The van der Waals surface area contributed by atoms with Crippen LogP contribution in [0.5, 0.6) is 5.75 Å². The number of hydrogen-bond acceptors (Lipinski definition) is 6. The number of carbonyl (C=O) groups is 1. The van der Waals surface area contributed by atoms with Crippen LogP contribution in [0.2, 0.25) is 10.0 Å². The van der Waals surface area contributed by atoms with Crippen molar-refractivity contribution in [2.24, 2.45) is 5.10 Å². The lowest BCUT2D eigenvalue weighted by atomic mass is 10.3. The number of nitro groups is 1. The van der Waals surface area contributed by atoms with Crippen molar-refractivity contribution in [3.05, 3.63) is 54.2 Å². The number of nitrogens with one attached hydrogen (secondary N) is 1. The molecule has 0 aliphatic carbocycles. The molecule has 0 unspecified atom stereocenters. The fourth-order valence-electron chi connectivity index (χ4n) is 1.68. The van der Waals surface area contributed by atoms with E-state index in [1.165, 1.54) is 29.7 Å². The summed E-state index contributed by atoms with van der Waals surface area (Å²) in [6, 6.07) is 6.03. The van der Waals surface area contributed by atoms with Gasteiger partial charge in [-0.2, -0.15) is 5.10 Å². The summed E-state index contributed by atoms with van der Waals surface area (Å²) >= 11 is 12.9. The molecule has 1 aromatic carbocycles. The highest BCUT2D eigenvalue weighted by Crippen LogP contribution is 2.27. The second-order valence-electron chi connectivity index (χ2n) is 4.50. The summed E-state index contributed by atoms with van der Waals surface area (Å²) in [5.41, 5.74) is 2.29. The molecule has 2 aromatic rings. The molecule has 0 radical (unpaired) electrons. The summed E-state index contributed by atoms with van der Waals surface area (Å²) in [4.78, 5) is 23.0. The van der Waals surface area contributed by atoms with Crippen LogP contribution in [0.1, 0.15) is 9.75 Å². The van der Waals surface area contributed by atoms with Gasteiger partial charge in [0, 0.05) is 11.1 Å². The van der Waals surface area contributed by atoms with Gasteiger partial charge >= 0.3 is 0 Å². The van der Waals surface area contributed by atoms with Crippen molar-refractivity contribution in [2.75, 3.05) is 6.61 Å². The minimum atomic E-state index is -0.500. The maximum absolute atomic E-state index is 11.6. The van der Waals surface area contributed by atoms with Gasteiger partial charge in [0.25, 0.3) is 11.6 Å². The van der Waals surface area contributed by atoms with Gasteiger partial charge in [0.1, 0.15) is 5.75 Å². The van der Waals surface area contributed by atoms with Crippen molar-refractivity contribution >= 4 is 52.3 Å². The van der Waals surface area contributed by atoms with E-state index in [0.29, 0.717) is 25.5 Å². The van der Waals surface area contributed by atoms with E-state index in [1.807, 2.05) is 0 Å². The zero-order valence-electron chi connectivity index (χ0n) is 12.3. The van der Waals surface area contributed by atoms with E-state index < -0.39 is 10.8 Å². The van der Waals surface area contributed by atoms with Crippen molar-refractivity contribution in [2.45, 2.75) is 6.92 Å². The van der Waals surface area contributed by atoms with Crippen molar-refractivity contribution in [3.63, 3.8) is 0 Å². The molecule has 0 saturated heterocycles. The molecule has 0 atom stereocenters. The number of amides is 1. The Kier molecular flexibility index (Phi) is 6.13. The average Bonchev–Trinajstić information content (AvgIpc) is 2.87. The number of hydrogen-bond donors (Lipinski definition) is 1. The number of thiophene rings is 1. The Morgan fingerprint density at radius 1 is 1.46 bits per heavy atom. The predicted octanol–water partition coefficient (Wildman–Crippen LogP) is 3.80. The summed E-state index contributed by atoms with van der Waals surface area (Å²) in [5, 5.41) is 15.2. The van der Waals surface area contributed by atoms with Crippen LogP contribution >= 0.6 is 34.5 Å². The molecule has 0 saturated carbocycles. The van der Waals surface area contributed by atoms with Gasteiger partial charge in [-0.25, -0.2) is 5.43 Å². The van der Waals surface area contributed by atoms with E-state index >= 15 is 0 Å². The van der Waals surface area contributed by atoms with E-state index in [9.17, 15) is 14.9 Å². The third-order valence-corrected chi connectivity index (χ3v) is 4.25. The van der Waals surface area contributed by atoms with Crippen LogP contribution in [0, 0.1) is 17.0 Å². The fraction of sp³-hybridized carbons (Fsp3) is 0.143. The summed E-state index contributed by atoms with van der Waals surface area (Å²) in [7, 11) is 0. The lowest BCUT2D eigenvalue weighted by Crippen LogP contribution is -2.24. The van der Waals surface area contributed by atoms with Crippen LogP contribution in [0.3, 0.4) is 0 Å². The Morgan fingerprint density at radius 3 is 2.83 bits per heavy atom. The molecule has 1 aromatic heterocycles. The Bertz CT molecular complexity index is 807.